The molecule has 0 saturated heterocycles. The van der Waals surface area contributed by atoms with Crippen molar-refractivity contribution in [1.82, 2.24) is 4.90 Å². The van der Waals surface area contributed by atoms with Gasteiger partial charge in [0.2, 0.25) is 5.91 Å². The minimum atomic E-state index is -1.11. The van der Waals surface area contributed by atoms with Crippen molar-refractivity contribution >= 4 is 11.9 Å². The fourth-order valence-corrected chi connectivity index (χ4v) is 2.17. The van der Waals surface area contributed by atoms with Crippen LogP contribution >= 0.6 is 0 Å². The van der Waals surface area contributed by atoms with Crippen LogP contribution in [0.1, 0.15) is 17.9 Å². The number of nitrogens with zero attached hydrogens (tertiary/aromatic N) is 1. The highest BCUT2D eigenvalue weighted by Crippen LogP contribution is 2.49. The van der Waals surface area contributed by atoms with E-state index in [0.717, 1.165) is 23.1 Å². The highest BCUT2D eigenvalue weighted by molar-refractivity contribution is 5.85. The van der Waals surface area contributed by atoms with E-state index in [4.69, 9.17) is 5.11 Å². The second-order valence-corrected chi connectivity index (χ2v) is 4.70. The van der Waals surface area contributed by atoms with Gasteiger partial charge >= 0.3 is 5.97 Å². The van der Waals surface area contributed by atoms with Crippen LogP contribution in [-0.2, 0) is 9.59 Å². The van der Waals surface area contributed by atoms with Crippen molar-refractivity contribution < 1.29 is 23.5 Å². The lowest BCUT2D eigenvalue weighted by molar-refractivity contribution is -0.144. The van der Waals surface area contributed by atoms with Crippen LogP contribution in [0, 0.1) is 17.6 Å². The predicted molar refractivity (Wildman–Crippen MR) is 62.5 cm³/mol. The molecule has 1 aromatic carbocycles. The Bertz CT molecular complexity index is 533. The monoisotopic (exact) mass is 269 g/mol. The van der Waals surface area contributed by atoms with E-state index in [1.807, 2.05) is 0 Å². The first kappa shape index (κ1) is 13.5. The molecule has 0 spiro atoms. The normalized spacial score (nSPS) is 21.0. The van der Waals surface area contributed by atoms with E-state index in [0.29, 0.717) is 6.42 Å². The zero-order valence-electron chi connectivity index (χ0n) is 10.3. The second-order valence-electron chi connectivity index (χ2n) is 4.70. The summed E-state index contributed by atoms with van der Waals surface area (Å²) in [6, 6.07) is 3.14. The van der Waals surface area contributed by atoms with E-state index >= 15 is 0 Å². The summed E-state index contributed by atoms with van der Waals surface area (Å²) in [5, 5.41) is 8.59. The largest absolute Gasteiger partial charge is 0.480 e. The summed E-state index contributed by atoms with van der Waals surface area (Å²) in [6.45, 7) is -0.395. The first-order chi connectivity index (χ1) is 8.90. The van der Waals surface area contributed by atoms with Gasteiger partial charge in [-0.05, 0) is 36.1 Å². The van der Waals surface area contributed by atoms with Gasteiger partial charge in [-0.1, -0.05) is 0 Å². The molecule has 6 heteroatoms. The molecule has 102 valence electrons. The lowest BCUT2D eigenvalue weighted by Gasteiger charge is -2.14. The van der Waals surface area contributed by atoms with Crippen LogP contribution in [0.5, 0.6) is 0 Å². The number of hydrogen-bond acceptors (Lipinski definition) is 2. The molecule has 1 aliphatic carbocycles. The number of carboxylic acid groups (broad SMARTS) is 1. The molecule has 1 aliphatic rings. The number of likely N-dealkylation sites (N-methyl/N-ethyl adjacent to an activating group) is 1. The van der Waals surface area contributed by atoms with Gasteiger partial charge in [0, 0.05) is 13.0 Å². The summed E-state index contributed by atoms with van der Waals surface area (Å²) in [6.07, 6.45) is 0.420. The third-order valence-corrected chi connectivity index (χ3v) is 3.21. The Kier molecular flexibility index (Phi) is 3.50. The van der Waals surface area contributed by atoms with Gasteiger partial charge in [0.1, 0.15) is 18.2 Å². The second kappa shape index (κ2) is 4.95. The summed E-state index contributed by atoms with van der Waals surface area (Å²) >= 11 is 0. The van der Waals surface area contributed by atoms with Crippen LogP contribution < -0.4 is 0 Å². The molecule has 1 aromatic rings. The fraction of sp³-hybridized carbons (Fsp3) is 0.385. The first-order valence-corrected chi connectivity index (χ1v) is 5.82. The topological polar surface area (TPSA) is 57.6 Å². The standard InChI is InChI=1S/C13H13F2NO3/c1-16(6-12(17)18)13(19)10-5-8(10)9-4-7(14)2-3-11(9)15/h2-4,8,10H,5-6H2,1H3,(H,17,18). The molecule has 19 heavy (non-hydrogen) atoms. The van der Waals surface area contributed by atoms with Crippen molar-refractivity contribution in [1.29, 1.82) is 0 Å². The quantitative estimate of drug-likeness (QED) is 0.903. The van der Waals surface area contributed by atoms with Crippen LogP contribution in [0.3, 0.4) is 0 Å². The lowest BCUT2D eigenvalue weighted by atomic mass is 10.1. The van der Waals surface area contributed by atoms with Gasteiger partial charge in [-0.3, -0.25) is 9.59 Å². The van der Waals surface area contributed by atoms with Crippen LogP contribution in [0.4, 0.5) is 8.78 Å². The average molecular weight is 269 g/mol. The number of carbonyl (C=O) groups excluding carboxylic acids is 1. The Morgan fingerprint density at radius 1 is 1.42 bits per heavy atom. The van der Waals surface area contributed by atoms with Crippen molar-refractivity contribution in [3.05, 3.63) is 35.4 Å². The van der Waals surface area contributed by atoms with Crippen molar-refractivity contribution in [2.75, 3.05) is 13.6 Å². The van der Waals surface area contributed by atoms with Gasteiger partial charge in [-0.15, -0.1) is 0 Å². The third kappa shape index (κ3) is 2.89. The van der Waals surface area contributed by atoms with Crippen molar-refractivity contribution in [3.63, 3.8) is 0 Å². The van der Waals surface area contributed by atoms with Gasteiger partial charge in [0.05, 0.1) is 0 Å². The zero-order chi connectivity index (χ0) is 14.2. The number of carbonyl (C=O) groups is 2. The molecule has 2 unspecified atom stereocenters. The molecule has 4 nitrogen and oxygen atoms in total. The zero-order valence-corrected chi connectivity index (χ0v) is 10.3. The van der Waals surface area contributed by atoms with Gasteiger partial charge in [-0.25, -0.2) is 8.78 Å². The Balaban J connectivity index is 2.06. The highest BCUT2D eigenvalue weighted by Gasteiger charge is 2.46. The summed E-state index contributed by atoms with van der Waals surface area (Å²) in [7, 11) is 1.38. The van der Waals surface area contributed by atoms with Crippen LogP contribution in [0.15, 0.2) is 18.2 Å². The number of amides is 1. The maximum absolute atomic E-state index is 13.5. The smallest absolute Gasteiger partial charge is 0.323 e. The number of rotatable bonds is 4. The summed E-state index contributed by atoms with van der Waals surface area (Å²) in [5.74, 6) is -3.36. The molecule has 0 radical (unpaired) electrons. The average Bonchev–Trinajstić information content (AvgIpc) is 3.10. The van der Waals surface area contributed by atoms with E-state index in [1.54, 1.807) is 0 Å². The minimum absolute atomic E-state index is 0.182. The number of halogens is 2. The molecule has 1 saturated carbocycles. The molecular weight excluding hydrogens is 256 g/mol. The van der Waals surface area contributed by atoms with Crippen LogP contribution in [-0.4, -0.2) is 35.5 Å². The molecule has 0 heterocycles. The molecule has 0 bridgehead atoms. The van der Waals surface area contributed by atoms with E-state index in [2.05, 4.69) is 0 Å². The van der Waals surface area contributed by atoms with Gasteiger partial charge in [0.15, 0.2) is 0 Å². The lowest BCUT2D eigenvalue weighted by Crippen LogP contribution is -2.33. The third-order valence-electron chi connectivity index (χ3n) is 3.21. The Labute approximate surface area is 108 Å². The van der Waals surface area contributed by atoms with Gasteiger partial charge < -0.3 is 10.0 Å². The molecule has 1 fully saturated rings. The fourth-order valence-electron chi connectivity index (χ4n) is 2.17. The molecule has 1 N–H and O–H groups in total. The molecule has 2 rings (SSSR count). The number of benzene rings is 1. The van der Waals surface area contributed by atoms with E-state index < -0.39 is 30.1 Å². The molecular formula is C13H13F2NO3. The Morgan fingerprint density at radius 2 is 2.11 bits per heavy atom. The number of hydrogen-bond donors (Lipinski definition) is 1. The first-order valence-electron chi connectivity index (χ1n) is 5.82. The maximum atomic E-state index is 13.5. The van der Waals surface area contributed by atoms with Crippen LogP contribution in [0.2, 0.25) is 0 Å². The van der Waals surface area contributed by atoms with Crippen molar-refractivity contribution in [3.8, 4) is 0 Å². The van der Waals surface area contributed by atoms with Crippen molar-refractivity contribution in [2.45, 2.75) is 12.3 Å². The van der Waals surface area contributed by atoms with Gasteiger partial charge in [0.25, 0.3) is 0 Å². The maximum Gasteiger partial charge on any atom is 0.323 e. The predicted octanol–water partition coefficient (Wildman–Crippen LogP) is 1.61. The SMILES string of the molecule is CN(CC(=O)O)C(=O)C1CC1c1cc(F)ccc1F. The highest BCUT2D eigenvalue weighted by atomic mass is 19.1. The summed E-state index contributed by atoms with van der Waals surface area (Å²) in [4.78, 5) is 23.5. The van der Waals surface area contributed by atoms with Gasteiger partial charge in [-0.2, -0.15) is 0 Å². The molecule has 2 atom stereocenters. The van der Waals surface area contributed by atoms with E-state index in [9.17, 15) is 18.4 Å². The van der Waals surface area contributed by atoms with E-state index in [-0.39, 0.29) is 17.4 Å². The van der Waals surface area contributed by atoms with Crippen molar-refractivity contribution in [2.24, 2.45) is 5.92 Å². The molecule has 1 amide bonds. The number of carboxylic acids is 1. The summed E-state index contributed by atoms with van der Waals surface area (Å²) < 4.78 is 26.6. The van der Waals surface area contributed by atoms with E-state index in [1.165, 1.54) is 7.05 Å². The number of aliphatic carboxylic acids is 1. The Morgan fingerprint density at radius 3 is 2.74 bits per heavy atom. The van der Waals surface area contributed by atoms with Crippen LogP contribution in [0.25, 0.3) is 0 Å². The molecule has 0 aliphatic heterocycles. The molecule has 0 aromatic heterocycles. The minimum Gasteiger partial charge on any atom is -0.480 e. The summed E-state index contributed by atoms with van der Waals surface area (Å²) in [5.41, 5.74) is 0.182. The Hall–Kier alpha value is -1.98.